The van der Waals surface area contributed by atoms with Gasteiger partial charge in [0.2, 0.25) is 0 Å². The number of rotatable bonds is 3. The van der Waals surface area contributed by atoms with Crippen molar-refractivity contribution < 1.29 is 13.2 Å². The van der Waals surface area contributed by atoms with E-state index in [2.05, 4.69) is 5.32 Å². The summed E-state index contributed by atoms with van der Waals surface area (Å²) in [6.45, 7) is 3.09. The molecular formula is C13H19NO3S. The van der Waals surface area contributed by atoms with Crippen molar-refractivity contribution in [2.24, 2.45) is 0 Å². The van der Waals surface area contributed by atoms with Gasteiger partial charge in [-0.25, -0.2) is 8.42 Å². The Hall–Kier alpha value is -1.07. The molecular weight excluding hydrogens is 250 g/mol. The molecule has 1 aromatic carbocycles. The summed E-state index contributed by atoms with van der Waals surface area (Å²) in [7, 11) is -1.39. The van der Waals surface area contributed by atoms with Gasteiger partial charge in [0, 0.05) is 13.1 Å². The Balaban J connectivity index is 2.39. The largest absolute Gasteiger partial charge is 0.496 e. The summed E-state index contributed by atoms with van der Waals surface area (Å²) in [5, 5.41) is 2.72. The summed E-state index contributed by atoms with van der Waals surface area (Å²) < 4.78 is 29.4. The SMILES string of the molecule is CCc1cc(C2CNCCS2(=O)=O)ccc1OC. The molecule has 0 amide bonds. The van der Waals surface area contributed by atoms with Crippen LogP contribution in [0.2, 0.25) is 0 Å². The van der Waals surface area contributed by atoms with E-state index in [9.17, 15) is 8.42 Å². The second-order valence-electron chi connectivity index (χ2n) is 4.48. The van der Waals surface area contributed by atoms with Crippen LogP contribution in [0.5, 0.6) is 5.75 Å². The third-order valence-corrected chi connectivity index (χ3v) is 5.46. The maximum atomic E-state index is 12.1. The van der Waals surface area contributed by atoms with E-state index in [1.165, 1.54) is 0 Å². The zero-order valence-electron chi connectivity index (χ0n) is 10.8. The molecule has 1 aliphatic heterocycles. The first kappa shape index (κ1) is 13.4. The Bertz CT molecular complexity index is 525. The van der Waals surface area contributed by atoms with Crippen LogP contribution in [-0.4, -0.2) is 34.4 Å². The third kappa shape index (κ3) is 2.52. The molecule has 4 nitrogen and oxygen atoms in total. The van der Waals surface area contributed by atoms with E-state index in [0.717, 1.165) is 23.3 Å². The van der Waals surface area contributed by atoms with E-state index in [4.69, 9.17) is 4.74 Å². The number of benzene rings is 1. The zero-order chi connectivity index (χ0) is 13.2. The van der Waals surface area contributed by atoms with Crippen molar-refractivity contribution in [2.75, 3.05) is 26.0 Å². The number of ether oxygens (including phenoxy) is 1. The smallest absolute Gasteiger partial charge is 0.159 e. The lowest BCUT2D eigenvalue weighted by Gasteiger charge is -2.24. The highest BCUT2D eigenvalue weighted by molar-refractivity contribution is 7.91. The van der Waals surface area contributed by atoms with Crippen LogP contribution in [0.15, 0.2) is 18.2 Å². The topological polar surface area (TPSA) is 55.4 Å². The summed E-state index contributed by atoms with van der Waals surface area (Å²) in [6.07, 6.45) is 0.831. The Kier molecular flexibility index (Phi) is 3.92. The van der Waals surface area contributed by atoms with E-state index < -0.39 is 15.1 Å². The molecule has 1 saturated heterocycles. The third-order valence-electron chi connectivity index (χ3n) is 3.38. The molecule has 1 N–H and O–H groups in total. The molecule has 18 heavy (non-hydrogen) atoms. The molecule has 1 aliphatic rings. The lowest BCUT2D eigenvalue weighted by molar-refractivity contribution is 0.410. The summed E-state index contributed by atoms with van der Waals surface area (Å²) in [5.41, 5.74) is 1.91. The number of aryl methyl sites for hydroxylation is 1. The van der Waals surface area contributed by atoms with Gasteiger partial charge >= 0.3 is 0 Å². The molecule has 0 saturated carbocycles. The molecule has 0 bridgehead atoms. The van der Waals surface area contributed by atoms with Gasteiger partial charge in [-0.15, -0.1) is 0 Å². The van der Waals surface area contributed by atoms with E-state index in [-0.39, 0.29) is 5.75 Å². The fourth-order valence-corrected chi connectivity index (χ4v) is 3.96. The van der Waals surface area contributed by atoms with Crippen molar-refractivity contribution in [1.29, 1.82) is 0 Å². The molecule has 1 atom stereocenters. The summed E-state index contributed by atoms with van der Waals surface area (Å²) in [4.78, 5) is 0. The molecule has 0 aromatic heterocycles. The molecule has 1 heterocycles. The number of sulfone groups is 1. The Labute approximate surface area is 108 Å². The van der Waals surface area contributed by atoms with Crippen molar-refractivity contribution in [1.82, 2.24) is 5.32 Å². The van der Waals surface area contributed by atoms with Crippen LogP contribution < -0.4 is 10.1 Å². The van der Waals surface area contributed by atoms with E-state index in [0.29, 0.717) is 13.1 Å². The Morgan fingerprint density at radius 1 is 1.44 bits per heavy atom. The van der Waals surface area contributed by atoms with Crippen LogP contribution in [0.1, 0.15) is 23.3 Å². The summed E-state index contributed by atoms with van der Waals surface area (Å²) in [6, 6.07) is 5.67. The van der Waals surface area contributed by atoms with E-state index in [1.807, 2.05) is 25.1 Å². The number of methoxy groups -OCH3 is 1. The van der Waals surface area contributed by atoms with Gasteiger partial charge in [-0.1, -0.05) is 19.1 Å². The van der Waals surface area contributed by atoms with Gasteiger partial charge in [0.1, 0.15) is 5.75 Å². The van der Waals surface area contributed by atoms with Crippen LogP contribution >= 0.6 is 0 Å². The highest BCUT2D eigenvalue weighted by atomic mass is 32.2. The number of nitrogens with one attached hydrogen (secondary N) is 1. The fourth-order valence-electron chi connectivity index (χ4n) is 2.32. The zero-order valence-corrected chi connectivity index (χ0v) is 11.6. The first-order valence-corrected chi connectivity index (χ1v) is 7.89. The maximum absolute atomic E-state index is 12.1. The molecule has 2 rings (SSSR count). The van der Waals surface area contributed by atoms with Gasteiger partial charge in [-0.3, -0.25) is 0 Å². The van der Waals surface area contributed by atoms with Crippen LogP contribution in [0.25, 0.3) is 0 Å². The highest BCUT2D eigenvalue weighted by Gasteiger charge is 2.30. The minimum atomic E-state index is -3.02. The molecule has 1 fully saturated rings. The first-order valence-electron chi connectivity index (χ1n) is 6.17. The summed E-state index contributed by atoms with van der Waals surface area (Å²) >= 11 is 0. The second-order valence-corrected chi connectivity index (χ2v) is 6.79. The second kappa shape index (κ2) is 5.28. The van der Waals surface area contributed by atoms with Crippen molar-refractivity contribution >= 4 is 9.84 Å². The number of hydrogen-bond acceptors (Lipinski definition) is 4. The molecule has 0 aliphatic carbocycles. The van der Waals surface area contributed by atoms with Crippen LogP contribution in [-0.2, 0) is 16.3 Å². The van der Waals surface area contributed by atoms with Crippen molar-refractivity contribution in [2.45, 2.75) is 18.6 Å². The van der Waals surface area contributed by atoms with Crippen LogP contribution in [0, 0.1) is 0 Å². The monoisotopic (exact) mass is 269 g/mol. The standard InChI is InChI=1S/C13H19NO3S/c1-3-10-8-11(4-5-12(10)17-2)13-9-14-6-7-18(13,15)16/h4-5,8,13-14H,3,6-7,9H2,1-2H3. The Morgan fingerprint density at radius 2 is 2.22 bits per heavy atom. The molecule has 1 aromatic rings. The molecule has 0 radical (unpaired) electrons. The van der Waals surface area contributed by atoms with Crippen LogP contribution in [0.4, 0.5) is 0 Å². The van der Waals surface area contributed by atoms with Crippen molar-refractivity contribution in [3.63, 3.8) is 0 Å². The van der Waals surface area contributed by atoms with E-state index >= 15 is 0 Å². The van der Waals surface area contributed by atoms with Gasteiger partial charge in [-0.2, -0.15) is 0 Å². The quantitative estimate of drug-likeness (QED) is 0.899. The first-order chi connectivity index (χ1) is 8.58. The molecule has 0 spiro atoms. The van der Waals surface area contributed by atoms with Crippen molar-refractivity contribution in [3.8, 4) is 5.75 Å². The predicted octanol–water partition coefficient (Wildman–Crippen LogP) is 1.32. The normalized spacial score (nSPS) is 22.7. The molecule has 100 valence electrons. The molecule has 1 unspecified atom stereocenters. The average Bonchev–Trinajstić information content (AvgIpc) is 2.37. The van der Waals surface area contributed by atoms with Gasteiger partial charge in [-0.05, 0) is 23.6 Å². The summed E-state index contributed by atoms with van der Waals surface area (Å²) in [5.74, 6) is 1.04. The average molecular weight is 269 g/mol. The highest BCUT2D eigenvalue weighted by Crippen LogP contribution is 2.29. The van der Waals surface area contributed by atoms with Crippen LogP contribution in [0.3, 0.4) is 0 Å². The number of hydrogen-bond donors (Lipinski definition) is 1. The lowest BCUT2D eigenvalue weighted by atomic mass is 10.0. The minimum absolute atomic E-state index is 0.213. The van der Waals surface area contributed by atoms with E-state index in [1.54, 1.807) is 7.11 Å². The van der Waals surface area contributed by atoms with Crippen molar-refractivity contribution in [3.05, 3.63) is 29.3 Å². The van der Waals surface area contributed by atoms with Gasteiger partial charge in [0.05, 0.1) is 18.1 Å². The van der Waals surface area contributed by atoms with Gasteiger partial charge < -0.3 is 10.1 Å². The predicted molar refractivity (Wildman–Crippen MR) is 71.8 cm³/mol. The van der Waals surface area contributed by atoms with Gasteiger partial charge in [0.25, 0.3) is 0 Å². The molecule has 5 heteroatoms. The van der Waals surface area contributed by atoms with Gasteiger partial charge in [0.15, 0.2) is 9.84 Å². The maximum Gasteiger partial charge on any atom is 0.159 e. The Morgan fingerprint density at radius 3 is 2.83 bits per heavy atom. The lowest BCUT2D eigenvalue weighted by Crippen LogP contribution is -2.38. The minimum Gasteiger partial charge on any atom is -0.496 e. The fraction of sp³-hybridized carbons (Fsp3) is 0.538.